The predicted molar refractivity (Wildman–Crippen MR) is 76.7 cm³/mol. The minimum Gasteiger partial charge on any atom is -0.481 e. The van der Waals surface area contributed by atoms with E-state index in [1.54, 1.807) is 13.0 Å². The van der Waals surface area contributed by atoms with E-state index in [0.29, 0.717) is 51.7 Å². The lowest BCUT2D eigenvalue weighted by Gasteiger charge is -2.05. The molecule has 0 spiro atoms. The molecule has 0 aromatic carbocycles. The maximum Gasteiger partial charge on any atom is 0.330 e. The van der Waals surface area contributed by atoms with Crippen LogP contribution in [-0.2, 0) is 23.9 Å². The van der Waals surface area contributed by atoms with Gasteiger partial charge in [-0.05, 0) is 32.6 Å². The van der Waals surface area contributed by atoms with Crippen molar-refractivity contribution in [2.75, 3.05) is 13.2 Å². The molecule has 0 atom stereocenters. The summed E-state index contributed by atoms with van der Waals surface area (Å²) in [7, 11) is 0. The third-order valence-corrected chi connectivity index (χ3v) is 2.62. The van der Waals surface area contributed by atoms with Crippen molar-refractivity contribution in [3.63, 3.8) is 0 Å². The molecule has 0 saturated carbocycles. The molecule has 0 bridgehead atoms. The number of hydrogen-bond donors (Lipinski definition) is 1. The number of carboxylic acids is 1. The quantitative estimate of drug-likeness (QED) is 0.338. The summed E-state index contributed by atoms with van der Waals surface area (Å²) in [4.78, 5) is 32.6. The molecular formula is C15H24O6. The van der Waals surface area contributed by atoms with Crippen LogP contribution < -0.4 is 0 Å². The molecule has 0 heterocycles. The Morgan fingerprint density at radius 1 is 0.905 bits per heavy atom. The van der Waals surface area contributed by atoms with Crippen LogP contribution in [0, 0.1) is 0 Å². The average Bonchev–Trinajstić information content (AvgIpc) is 2.42. The highest BCUT2D eigenvalue weighted by molar-refractivity contribution is 5.81. The largest absolute Gasteiger partial charge is 0.481 e. The van der Waals surface area contributed by atoms with Gasteiger partial charge in [-0.1, -0.05) is 12.5 Å². The summed E-state index contributed by atoms with van der Waals surface area (Å²) in [6.07, 6.45) is 6.65. The molecule has 21 heavy (non-hydrogen) atoms. The van der Waals surface area contributed by atoms with Crippen molar-refractivity contribution in [3.8, 4) is 0 Å². The summed E-state index contributed by atoms with van der Waals surface area (Å²) in [5, 5.41) is 8.45. The Morgan fingerprint density at radius 3 is 2.14 bits per heavy atom. The highest BCUT2D eigenvalue weighted by atomic mass is 16.5. The number of allylic oxidation sites excluding steroid dienone is 1. The highest BCUT2D eigenvalue weighted by Gasteiger charge is 2.03. The van der Waals surface area contributed by atoms with Crippen LogP contribution in [0.3, 0.4) is 0 Å². The van der Waals surface area contributed by atoms with E-state index in [9.17, 15) is 14.4 Å². The molecule has 6 nitrogen and oxygen atoms in total. The zero-order valence-electron chi connectivity index (χ0n) is 12.5. The minimum absolute atomic E-state index is 0.140. The van der Waals surface area contributed by atoms with Crippen LogP contribution in [0.2, 0.25) is 0 Å². The summed E-state index contributed by atoms with van der Waals surface area (Å²) in [5.74, 6) is -1.44. The van der Waals surface area contributed by atoms with Gasteiger partial charge in [0.2, 0.25) is 0 Å². The van der Waals surface area contributed by atoms with Crippen LogP contribution in [0.4, 0.5) is 0 Å². The smallest absolute Gasteiger partial charge is 0.330 e. The van der Waals surface area contributed by atoms with Crippen molar-refractivity contribution < 1.29 is 29.0 Å². The summed E-state index contributed by atoms with van der Waals surface area (Å²) in [6.45, 7) is 2.37. The average molecular weight is 300 g/mol. The molecule has 0 aliphatic carbocycles. The topological polar surface area (TPSA) is 89.9 Å². The minimum atomic E-state index is -0.812. The number of esters is 2. The van der Waals surface area contributed by atoms with Crippen molar-refractivity contribution in [1.29, 1.82) is 0 Å². The Hall–Kier alpha value is -1.85. The van der Waals surface area contributed by atoms with Crippen LogP contribution in [0.15, 0.2) is 12.2 Å². The Balaban J connectivity index is 3.34. The standard InChI is InChI=1S/C15H24O6/c1-2-8-14(18)20-11-6-7-12-21-15(19)10-5-3-4-9-13(16)17/h2,8H,3-7,9-12H2,1H3,(H,16,17). The lowest BCUT2D eigenvalue weighted by Crippen LogP contribution is -2.07. The van der Waals surface area contributed by atoms with Crippen molar-refractivity contribution in [3.05, 3.63) is 12.2 Å². The molecule has 0 aliphatic rings. The fourth-order valence-corrected chi connectivity index (χ4v) is 1.54. The Bertz CT molecular complexity index is 348. The van der Waals surface area contributed by atoms with Gasteiger partial charge in [-0.2, -0.15) is 0 Å². The van der Waals surface area contributed by atoms with Crippen molar-refractivity contribution >= 4 is 17.9 Å². The normalized spacial score (nSPS) is 10.5. The Kier molecular flexibility index (Phi) is 12.0. The van der Waals surface area contributed by atoms with Gasteiger partial charge in [0.15, 0.2) is 0 Å². The first-order valence-electron chi connectivity index (χ1n) is 7.23. The first kappa shape index (κ1) is 19.1. The summed E-state index contributed by atoms with van der Waals surface area (Å²) >= 11 is 0. The zero-order chi connectivity index (χ0) is 15.9. The molecule has 0 fully saturated rings. The van der Waals surface area contributed by atoms with E-state index in [0.717, 1.165) is 0 Å². The van der Waals surface area contributed by atoms with Gasteiger partial charge in [-0.3, -0.25) is 9.59 Å². The van der Waals surface area contributed by atoms with Crippen molar-refractivity contribution in [1.82, 2.24) is 0 Å². The molecule has 0 aromatic heterocycles. The van der Waals surface area contributed by atoms with Crippen molar-refractivity contribution in [2.45, 2.75) is 51.9 Å². The van der Waals surface area contributed by atoms with Gasteiger partial charge in [0, 0.05) is 18.9 Å². The van der Waals surface area contributed by atoms with Gasteiger partial charge in [0.1, 0.15) is 0 Å². The van der Waals surface area contributed by atoms with Crippen molar-refractivity contribution in [2.24, 2.45) is 0 Å². The molecule has 1 N–H and O–H groups in total. The van der Waals surface area contributed by atoms with E-state index in [-0.39, 0.29) is 18.4 Å². The number of carbonyl (C=O) groups excluding carboxylic acids is 2. The van der Waals surface area contributed by atoms with Gasteiger partial charge in [-0.25, -0.2) is 4.79 Å². The van der Waals surface area contributed by atoms with E-state index in [1.807, 2.05) is 0 Å². The van der Waals surface area contributed by atoms with E-state index in [1.165, 1.54) is 6.08 Å². The zero-order valence-corrected chi connectivity index (χ0v) is 12.5. The highest BCUT2D eigenvalue weighted by Crippen LogP contribution is 2.04. The molecule has 0 radical (unpaired) electrons. The second kappa shape index (κ2) is 13.1. The number of carbonyl (C=O) groups is 3. The lowest BCUT2D eigenvalue weighted by atomic mass is 10.1. The summed E-state index contributed by atoms with van der Waals surface area (Å²) in [5.41, 5.74) is 0. The van der Waals surface area contributed by atoms with Crippen LogP contribution in [-0.4, -0.2) is 36.2 Å². The van der Waals surface area contributed by atoms with E-state index in [2.05, 4.69) is 0 Å². The van der Waals surface area contributed by atoms with Gasteiger partial charge in [0.25, 0.3) is 0 Å². The second-order valence-electron chi connectivity index (χ2n) is 4.55. The number of unbranched alkanes of at least 4 members (excludes halogenated alkanes) is 3. The third-order valence-electron chi connectivity index (χ3n) is 2.62. The number of ether oxygens (including phenoxy) is 2. The van der Waals surface area contributed by atoms with Crippen LogP contribution in [0.5, 0.6) is 0 Å². The second-order valence-corrected chi connectivity index (χ2v) is 4.55. The monoisotopic (exact) mass is 300 g/mol. The Labute approximate surface area is 125 Å². The number of rotatable bonds is 12. The number of hydrogen-bond acceptors (Lipinski definition) is 5. The molecule has 120 valence electrons. The van der Waals surface area contributed by atoms with Crippen LogP contribution >= 0.6 is 0 Å². The fraction of sp³-hybridized carbons (Fsp3) is 0.667. The van der Waals surface area contributed by atoms with Gasteiger partial charge in [-0.15, -0.1) is 0 Å². The van der Waals surface area contributed by atoms with Gasteiger partial charge >= 0.3 is 17.9 Å². The van der Waals surface area contributed by atoms with Gasteiger partial charge in [0.05, 0.1) is 13.2 Å². The maximum absolute atomic E-state index is 11.3. The molecule has 0 rings (SSSR count). The van der Waals surface area contributed by atoms with E-state index >= 15 is 0 Å². The maximum atomic E-state index is 11.3. The first-order valence-corrected chi connectivity index (χ1v) is 7.23. The molecule has 0 aromatic rings. The molecule has 0 aliphatic heterocycles. The predicted octanol–water partition coefficient (Wildman–Crippen LogP) is 2.46. The molecule has 0 amide bonds. The molecular weight excluding hydrogens is 276 g/mol. The molecule has 0 unspecified atom stereocenters. The summed E-state index contributed by atoms with van der Waals surface area (Å²) in [6, 6.07) is 0. The Morgan fingerprint density at radius 2 is 1.52 bits per heavy atom. The molecule has 0 saturated heterocycles. The summed E-state index contributed by atoms with van der Waals surface area (Å²) < 4.78 is 9.90. The molecule has 6 heteroatoms. The van der Waals surface area contributed by atoms with Crippen LogP contribution in [0.1, 0.15) is 51.9 Å². The lowest BCUT2D eigenvalue weighted by molar-refractivity contribution is -0.144. The SMILES string of the molecule is CC=CC(=O)OCCCCOC(=O)CCCCCC(=O)O. The van der Waals surface area contributed by atoms with E-state index in [4.69, 9.17) is 14.6 Å². The van der Waals surface area contributed by atoms with Gasteiger partial charge < -0.3 is 14.6 Å². The van der Waals surface area contributed by atoms with Crippen LogP contribution in [0.25, 0.3) is 0 Å². The number of aliphatic carboxylic acids is 1. The third kappa shape index (κ3) is 14.4. The van der Waals surface area contributed by atoms with E-state index < -0.39 is 5.97 Å². The first-order chi connectivity index (χ1) is 10.1. The fourth-order valence-electron chi connectivity index (χ4n) is 1.54. The number of carboxylic acid groups (broad SMARTS) is 1.